The number of ether oxygens (including phenoxy) is 1. The van der Waals surface area contributed by atoms with Crippen LogP contribution in [0, 0.1) is 6.92 Å². The average Bonchev–Trinajstić information content (AvgIpc) is 3.10. The van der Waals surface area contributed by atoms with Crippen molar-refractivity contribution < 1.29 is 4.74 Å². The first-order valence-corrected chi connectivity index (χ1v) is 9.30. The minimum atomic E-state index is -0.290. The lowest BCUT2D eigenvalue weighted by Crippen LogP contribution is -2.24. The molecule has 4 heterocycles. The van der Waals surface area contributed by atoms with Gasteiger partial charge in [0.05, 0.1) is 31.2 Å². The molecular weight excluding hydrogens is 408 g/mol. The number of pyridine rings is 1. The summed E-state index contributed by atoms with van der Waals surface area (Å²) >= 11 is 6.13. The highest BCUT2D eigenvalue weighted by atomic mass is 35.5. The zero-order valence-corrected chi connectivity index (χ0v) is 17.2. The predicted molar refractivity (Wildman–Crippen MR) is 109 cm³/mol. The third kappa shape index (κ3) is 3.77. The second-order valence-electron chi connectivity index (χ2n) is 6.52. The molecule has 0 radical (unpaired) electrons. The molecule has 0 spiro atoms. The fourth-order valence-electron chi connectivity index (χ4n) is 2.86. The van der Waals surface area contributed by atoms with Crippen LogP contribution in [0.1, 0.15) is 11.4 Å². The van der Waals surface area contributed by atoms with Crippen LogP contribution in [0.2, 0.25) is 5.02 Å². The fraction of sp³-hybridized carbons (Fsp3) is 0.211. The van der Waals surface area contributed by atoms with E-state index in [0.717, 1.165) is 5.69 Å². The van der Waals surface area contributed by atoms with Crippen molar-refractivity contribution in [2.24, 2.45) is 7.05 Å². The lowest BCUT2D eigenvalue weighted by Gasteiger charge is -2.08. The van der Waals surface area contributed by atoms with Crippen LogP contribution in [0.25, 0.3) is 22.5 Å². The summed E-state index contributed by atoms with van der Waals surface area (Å²) in [4.78, 5) is 16.8. The number of aryl methyl sites for hydroxylation is 2. The summed E-state index contributed by atoms with van der Waals surface area (Å²) in [5.74, 6) is 0.317. The van der Waals surface area contributed by atoms with Crippen molar-refractivity contribution in [1.82, 2.24) is 40.0 Å². The molecule has 10 nitrogen and oxygen atoms in total. The molecule has 0 saturated carbocycles. The molecule has 0 atom stereocenters. The summed E-state index contributed by atoms with van der Waals surface area (Å²) in [5.41, 5.74) is 3.58. The molecule has 11 heteroatoms. The normalized spacial score (nSPS) is 10.9. The van der Waals surface area contributed by atoms with Crippen molar-refractivity contribution in [2.45, 2.75) is 13.5 Å². The smallest absolute Gasteiger partial charge is 0.267 e. The number of rotatable bonds is 5. The monoisotopic (exact) mass is 424 g/mol. The Labute approximate surface area is 176 Å². The van der Waals surface area contributed by atoms with Gasteiger partial charge in [-0.3, -0.25) is 4.79 Å². The Morgan fingerprint density at radius 3 is 2.57 bits per heavy atom. The molecule has 0 saturated heterocycles. The third-order valence-electron chi connectivity index (χ3n) is 4.49. The van der Waals surface area contributed by atoms with Crippen LogP contribution >= 0.6 is 11.6 Å². The van der Waals surface area contributed by atoms with E-state index in [0.29, 0.717) is 39.1 Å². The van der Waals surface area contributed by atoms with Gasteiger partial charge in [-0.05, 0) is 25.1 Å². The van der Waals surface area contributed by atoms with Crippen LogP contribution in [0.15, 0.2) is 41.5 Å². The van der Waals surface area contributed by atoms with E-state index in [1.807, 2.05) is 19.1 Å². The Balaban J connectivity index is 1.66. The molecule has 0 fully saturated rings. The second-order valence-corrected chi connectivity index (χ2v) is 6.93. The van der Waals surface area contributed by atoms with Gasteiger partial charge < -0.3 is 4.74 Å². The summed E-state index contributed by atoms with van der Waals surface area (Å²) in [7, 11) is 3.23. The molecule has 4 aromatic heterocycles. The van der Waals surface area contributed by atoms with E-state index in [2.05, 4.69) is 30.6 Å². The molecule has 152 valence electrons. The van der Waals surface area contributed by atoms with Gasteiger partial charge in [0.25, 0.3) is 5.56 Å². The van der Waals surface area contributed by atoms with Gasteiger partial charge in [0.1, 0.15) is 16.4 Å². The van der Waals surface area contributed by atoms with E-state index in [4.69, 9.17) is 16.3 Å². The molecule has 0 aliphatic rings. The quantitative estimate of drug-likeness (QED) is 0.477. The van der Waals surface area contributed by atoms with Gasteiger partial charge >= 0.3 is 0 Å². The summed E-state index contributed by atoms with van der Waals surface area (Å²) < 4.78 is 7.97. The van der Waals surface area contributed by atoms with Gasteiger partial charge in [0.15, 0.2) is 0 Å². The van der Waals surface area contributed by atoms with E-state index in [9.17, 15) is 4.79 Å². The Kier molecular flexibility index (Phi) is 5.23. The van der Waals surface area contributed by atoms with Crippen LogP contribution in [0.5, 0.6) is 5.88 Å². The van der Waals surface area contributed by atoms with Gasteiger partial charge in [-0.1, -0.05) is 16.8 Å². The molecule has 0 aliphatic heterocycles. The zero-order valence-electron chi connectivity index (χ0n) is 16.4. The number of nitrogens with zero attached hydrogens (tertiary/aromatic N) is 8. The maximum absolute atomic E-state index is 12.7. The summed E-state index contributed by atoms with van der Waals surface area (Å²) in [6.07, 6.45) is 3.15. The molecule has 0 unspecified atom stereocenters. The Morgan fingerprint density at radius 2 is 1.90 bits per heavy atom. The van der Waals surface area contributed by atoms with Crippen LogP contribution in [-0.4, -0.2) is 47.1 Å². The van der Waals surface area contributed by atoms with E-state index in [1.165, 1.54) is 17.9 Å². The second kappa shape index (κ2) is 7.99. The zero-order chi connectivity index (χ0) is 21.3. The third-order valence-corrected chi connectivity index (χ3v) is 4.76. The number of hydrogen-bond donors (Lipinski definition) is 0. The lowest BCUT2D eigenvalue weighted by molar-refractivity contribution is 0.398. The van der Waals surface area contributed by atoms with Crippen molar-refractivity contribution in [1.29, 1.82) is 0 Å². The van der Waals surface area contributed by atoms with Crippen molar-refractivity contribution in [3.63, 3.8) is 0 Å². The predicted octanol–water partition coefficient (Wildman–Crippen LogP) is 1.91. The average molecular weight is 425 g/mol. The minimum absolute atomic E-state index is 0.176. The molecule has 4 aromatic rings. The highest BCUT2D eigenvalue weighted by Crippen LogP contribution is 2.27. The number of aromatic nitrogens is 8. The van der Waals surface area contributed by atoms with Crippen molar-refractivity contribution in [3.8, 4) is 28.4 Å². The van der Waals surface area contributed by atoms with Crippen LogP contribution in [-0.2, 0) is 13.6 Å². The minimum Gasteiger partial charge on any atom is -0.480 e. The van der Waals surface area contributed by atoms with Crippen molar-refractivity contribution in [3.05, 3.63) is 63.4 Å². The highest BCUT2D eigenvalue weighted by Gasteiger charge is 2.16. The largest absolute Gasteiger partial charge is 0.480 e. The standard InChI is InChI=1S/C19H17ClN8O2/c1-11-4-5-15(24-23-11)18-16(27(2)26-25-18)10-28-17(29)7-13(9-22-28)12-6-14(20)19(30-3)21-8-12/h4-9H,10H2,1-3H3. The van der Waals surface area contributed by atoms with E-state index >= 15 is 0 Å². The Hall–Kier alpha value is -3.66. The van der Waals surface area contributed by atoms with Crippen LogP contribution in [0.3, 0.4) is 0 Å². The molecule has 30 heavy (non-hydrogen) atoms. The molecule has 0 N–H and O–H groups in total. The van der Waals surface area contributed by atoms with Crippen LogP contribution in [0.4, 0.5) is 0 Å². The van der Waals surface area contributed by atoms with E-state index in [-0.39, 0.29) is 12.1 Å². The van der Waals surface area contributed by atoms with Crippen LogP contribution < -0.4 is 10.3 Å². The Morgan fingerprint density at radius 1 is 1.10 bits per heavy atom. The molecule has 0 bridgehead atoms. The summed E-state index contributed by atoms with van der Waals surface area (Å²) in [6.45, 7) is 2.03. The molecule has 0 amide bonds. The molecule has 0 aromatic carbocycles. The van der Waals surface area contributed by atoms with Gasteiger partial charge in [-0.25, -0.2) is 14.3 Å². The molecule has 4 rings (SSSR count). The van der Waals surface area contributed by atoms with Gasteiger partial charge in [0.2, 0.25) is 5.88 Å². The first kappa shape index (κ1) is 19.6. The first-order chi connectivity index (χ1) is 14.5. The molecule has 0 aliphatic carbocycles. The maximum Gasteiger partial charge on any atom is 0.267 e. The number of halogens is 1. The first-order valence-electron chi connectivity index (χ1n) is 8.92. The van der Waals surface area contributed by atoms with E-state index in [1.54, 1.807) is 30.2 Å². The summed E-state index contributed by atoms with van der Waals surface area (Å²) in [5, 5.41) is 21.1. The van der Waals surface area contributed by atoms with E-state index < -0.39 is 0 Å². The SMILES string of the molecule is COc1ncc(-c2cnn(Cc3c(-c4ccc(C)nn4)nnn3C)c(=O)c2)cc1Cl. The number of hydrogen-bond acceptors (Lipinski definition) is 8. The molecular formula is C19H17ClN8O2. The fourth-order valence-corrected chi connectivity index (χ4v) is 3.11. The summed E-state index contributed by atoms with van der Waals surface area (Å²) in [6, 6.07) is 6.80. The maximum atomic E-state index is 12.7. The van der Waals surface area contributed by atoms with Gasteiger partial charge in [-0.15, -0.1) is 10.2 Å². The Bertz CT molecular complexity index is 1270. The topological polar surface area (TPSA) is 114 Å². The van der Waals surface area contributed by atoms with Gasteiger partial charge in [-0.2, -0.15) is 10.2 Å². The van der Waals surface area contributed by atoms with Crippen molar-refractivity contribution in [2.75, 3.05) is 7.11 Å². The highest BCUT2D eigenvalue weighted by molar-refractivity contribution is 6.32. The van der Waals surface area contributed by atoms with Crippen molar-refractivity contribution >= 4 is 11.6 Å². The van der Waals surface area contributed by atoms with Gasteiger partial charge in [0, 0.05) is 30.4 Å². The lowest BCUT2D eigenvalue weighted by atomic mass is 10.1. The number of methoxy groups -OCH3 is 1.